The normalized spacial score (nSPS) is 15.0. The number of fused-ring (bicyclic) bond motifs is 1. The highest BCUT2D eigenvalue weighted by molar-refractivity contribution is 7.98. The Kier molecular flexibility index (Phi) is 7.13. The number of pyridine rings is 1. The third-order valence-electron chi connectivity index (χ3n) is 5.87. The quantitative estimate of drug-likeness (QED) is 0.239. The molecule has 0 aliphatic carbocycles. The van der Waals surface area contributed by atoms with E-state index in [9.17, 15) is 18.0 Å². The first kappa shape index (κ1) is 25.1. The molecule has 35 heavy (non-hydrogen) atoms. The van der Waals surface area contributed by atoms with E-state index in [0.717, 1.165) is 27.1 Å². The van der Waals surface area contributed by atoms with Crippen LogP contribution in [0.4, 0.5) is 0 Å². The van der Waals surface area contributed by atoms with Gasteiger partial charge in [-0.05, 0) is 48.9 Å². The van der Waals surface area contributed by atoms with Crippen LogP contribution in [0, 0.1) is 6.92 Å². The Balaban J connectivity index is 1.47. The summed E-state index contributed by atoms with van der Waals surface area (Å²) in [5, 5.41) is 9.97. The van der Waals surface area contributed by atoms with E-state index in [1.165, 1.54) is 29.4 Å². The van der Waals surface area contributed by atoms with Crippen molar-refractivity contribution in [2.45, 2.75) is 41.4 Å². The maximum absolute atomic E-state index is 13.0. The van der Waals surface area contributed by atoms with Crippen molar-refractivity contribution in [3.8, 4) is 0 Å². The zero-order valence-electron chi connectivity index (χ0n) is 19.3. The van der Waals surface area contributed by atoms with Gasteiger partial charge < -0.3 is 4.90 Å². The van der Waals surface area contributed by atoms with Gasteiger partial charge in [-0.3, -0.25) is 19.8 Å². The number of hydroxylamine groups is 1. The lowest BCUT2D eigenvalue weighted by molar-refractivity contribution is -0.141. The topological polar surface area (TPSA) is 129 Å². The largest absolute Gasteiger partial charge is 0.339 e. The van der Waals surface area contributed by atoms with E-state index >= 15 is 0 Å². The number of nitrogens with one attached hydrogen (secondary N) is 2. The molecule has 1 fully saturated rings. The number of hydrogen-bond donors (Lipinski definition) is 3. The molecule has 1 saturated heterocycles. The minimum absolute atomic E-state index is 0.0439. The Morgan fingerprint density at radius 1 is 1.14 bits per heavy atom. The molecule has 3 N–H and O–H groups in total. The van der Waals surface area contributed by atoms with Crippen molar-refractivity contribution in [3.05, 3.63) is 65.9 Å². The van der Waals surface area contributed by atoms with Gasteiger partial charge in [-0.2, -0.15) is 0 Å². The molecule has 1 aromatic heterocycles. The molecular weight excluding hydrogens is 488 g/mol. The molecule has 0 saturated carbocycles. The number of nitrogens with zero attached hydrogens (tertiary/aromatic N) is 2. The van der Waals surface area contributed by atoms with Crippen LogP contribution >= 0.6 is 11.8 Å². The first-order valence-corrected chi connectivity index (χ1v) is 13.4. The zero-order valence-corrected chi connectivity index (χ0v) is 20.9. The molecule has 1 aliphatic rings. The fourth-order valence-corrected chi connectivity index (χ4v) is 6.47. The molecule has 2 amide bonds. The third kappa shape index (κ3) is 5.64. The van der Waals surface area contributed by atoms with E-state index in [0.29, 0.717) is 5.75 Å². The molecule has 0 spiro atoms. The summed E-state index contributed by atoms with van der Waals surface area (Å²) in [6, 6.07) is 16.5. The van der Waals surface area contributed by atoms with Crippen LogP contribution < -0.4 is 10.2 Å². The van der Waals surface area contributed by atoms with Gasteiger partial charge in [-0.25, -0.2) is 18.6 Å². The van der Waals surface area contributed by atoms with Crippen molar-refractivity contribution in [2.75, 3.05) is 13.1 Å². The van der Waals surface area contributed by atoms with Crippen molar-refractivity contribution in [2.24, 2.45) is 0 Å². The van der Waals surface area contributed by atoms with Gasteiger partial charge in [-0.1, -0.05) is 18.2 Å². The molecule has 1 aliphatic heterocycles. The molecule has 3 aromatic rings. The average Bonchev–Trinajstić information content (AvgIpc) is 2.80. The van der Waals surface area contributed by atoms with Crippen LogP contribution in [0.1, 0.15) is 24.6 Å². The van der Waals surface area contributed by atoms with Crippen LogP contribution in [0.3, 0.4) is 0 Å². The highest BCUT2D eigenvalue weighted by Crippen LogP contribution is 2.30. The average molecular weight is 515 g/mol. The van der Waals surface area contributed by atoms with Gasteiger partial charge in [0.25, 0.3) is 0 Å². The summed E-state index contributed by atoms with van der Waals surface area (Å²) in [6.45, 7) is 3.42. The van der Waals surface area contributed by atoms with E-state index in [1.54, 1.807) is 23.9 Å². The third-order valence-corrected chi connectivity index (χ3v) is 8.52. The van der Waals surface area contributed by atoms with E-state index < -0.39 is 21.5 Å². The Hall–Kier alpha value is -2.99. The van der Waals surface area contributed by atoms with E-state index in [2.05, 4.69) is 15.8 Å². The summed E-state index contributed by atoms with van der Waals surface area (Å²) in [6.07, 6.45) is -0.292. The van der Waals surface area contributed by atoms with Gasteiger partial charge in [0.15, 0.2) is 0 Å². The SMILES string of the molecule is CC(=O)N1CC(CC(=O)NO)(NS(=O)(=O)c2ccc(SCc3cc(C)nc4ccccc34)cc2)C1. The summed E-state index contributed by atoms with van der Waals surface area (Å²) in [5.74, 6) is -0.251. The fraction of sp³-hybridized carbons (Fsp3) is 0.292. The first-order chi connectivity index (χ1) is 16.6. The van der Waals surface area contributed by atoms with Crippen LogP contribution in [-0.2, 0) is 25.4 Å². The van der Waals surface area contributed by atoms with Gasteiger partial charge in [0.2, 0.25) is 21.8 Å². The summed E-state index contributed by atoms with van der Waals surface area (Å²) >= 11 is 1.59. The molecule has 9 nitrogen and oxygen atoms in total. The summed E-state index contributed by atoms with van der Waals surface area (Å²) in [5.41, 5.74) is 3.38. The Labute approximate surface area is 207 Å². The summed E-state index contributed by atoms with van der Waals surface area (Å²) < 4.78 is 28.6. The number of para-hydroxylation sites is 1. The molecule has 0 radical (unpaired) electrons. The number of benzene rings is 2. The second-order valence-electron chi connectivity index (χ2n) is 8.67. The number of sulfonamides is 1. The van der Waals surface area contributed by atoms with Crippen molar-refractivity contribution >= 4 is 44.5 Å². The number of rotatable bonds is 8. The zero-order chi connectivity index (χ0) is 25.2. The van der Waals surface area contributed by atoms with Crippen LogP contribution in [-0.4, -0.2) is 54.0 Å². The van der Waals surface area contributed by atoms with Gasteiger partial charge in [0, 0.05) is 41.7 Å². The highest BCUT2D eigenvalue weighted by atomic mass is 32.2. The molecule has 2 aromatic carbocycles. The van der Waals surface area contributed by atoms with Crippen molar-refractivity contribution < 1.29 is 23.2 Å². The smallest absolute Gasteiger partial charge is 0.245 e. The first-order valence-electron chi connectivity index (χ1n) is 10.9. The fourth-order valence-electron chi connectivity index (χ4n) is 4.20. The van der Waals surface area contributed by atoms with Crippen molar-refractivity contribution in [1.82, 2.24) is 20.1 Å². The number of thioether (sulfide) groups is 1. The van der Waals surface area contributed by atoms with Gasteiger partial charge in [0.05, 0.1) is 22.4 Å². The summed E-state index contributed by atoms with van der Waals surface area (Å²) in [7, 11) is -3.97. The Morgan fingerprint density at radius 2 is 1.83 bits per heavy atom. The number of aromatic nitrogens is 1. The molecule has 11 heteroatoms. The van der Waals surface area contributed by atoms with E-state index in [1.807, 2.05) is 31.2 Å². The molecule has 0 unspecified atom stereocenters. The van der Waals surface area contributed by atoms with Crippen LogP contribution in [0.2, 0.25) is 0 Å². The molecule has 0 atom stereocenters. The molecule has 4 rings (SSSR count). The number of carbonyl (C=O) groups excluding carboxylic acids is 2. The Morgan fingerprint density at radius 3 is 2.49 bits per heavy atom. The van der Waals surface area contributed by atoms with Gasteiger partial charge in [0.1, 0.15) is 0 Å². The lowest BCUT2D eigenvalue weighted by Gasteiger charge is -2.49. The second kappa shape index (κ2) is 9.94. The summed E-state index contributed by atoms with van der Waals surface area (Å²) in [4.78, 5) is 30.3. The molecule has 184 valence electrons. The van der Waals surface area contributed by atoms with Gasteiger partial charge in [-0.15, -0.1) is 11.8 Å². The molecule has 2 heterocycles. The molecule has 0 bridgehead atoms. The number of amides is 2. The predicted molar refractivity (Wildman–Crippen MR) is 132 cm³/mol. The molecular formula is C24H26N4O5S2. The number of carbonyl (C=O) groups is 2. The highest BCUT2D eigenvalue weighted by Gasteiger charge is 2.48. The standard InChI is InChI=1S/C24H26N4O5S2/c1-16-11-18(21-5-3-4-6-22(21)25-16)13-34-19-7-9-20(10-8-19)35(32,33)27-24(12-23(30)26-31)14-28(15-24)17(2)29/h3-11,27,31H,12-15H2,1-2H3,(H,26,30). The Bertz CT molecular complexity index is 1370. The predicted octanol–water partition coefficient (Wildman–Crippen LogP) is 2.61. The maximum Gasteiger partial charge on any atom is 0.245 e. The van der Waals surface area contributed by atoms with Crippen LogP contribution in [0.5, 0.6) is 0 Å². The maximum atomic E-state index is 13.0. The number of likely N-dealkylation sites (tertiary alicyclic amines) is 1. The minimum Gasteiger partial charge on any atom is -0.339 e. The number of aryl methyl sites for hydroxylation is 1. The van der Waals surface area contributed by atoms with Crippen LogP contribution in [0.15, 0.2) is 64.4 Å². The monoisotopic (exact) mass is 514 g/mol. The van der Waals surface area contributed by atoms with Gasteiger partial charge >= 0.3 is 0 Å². The second-order valence-corrected chi connectivity index (χ2v) is 11.4. The van der Waals surface area contributed by atoms with Crippen molar-refractivity contribution in [1.29, 1.82) is 0 Å². The minimum atomic E-state index is -3.97. The van der Waals surface area contributed by atoms with E-state index in [4.69, 9.17) is 5.21 Å². The lowest BCUT2D eigenvalue weighted by atomic mass is 9.87. The lowest BCUT2D eigenvalue weighted by Crippen LogP contribution is -2.71. The van der Waals surface area contributed by atoms with Crippen molar-refractivity contribution in [3.63, 3.8) is 0 Å². The van der Waals surface area contributed by atoms with E-state index in [-0.39, 0.29) is 30.3 Å². The van der Waals surface area contributed by atoms with Crippen LogP contribution in [0.25, 0.3) is 10.9 Å². The number of hydrogen-bond acceptors (Lipinski definition) is 7.